The van der Waals surface area contributed by atoms with Crippen molar-refractivity contribution < 1.29 is 9.94 Å². The van der Waals surface area contributed by atoms with Crippen LogP contribution < -0.4 is 0 Å². The fourth-order valence-corrected chi connectivity index (χ4v) is 3.08. The zero-order valence-electron chi connectivity index (χ0n) is 12.4. The molecule has 0 saturated carbocycles. The summed E-state index contributed by atoms with van der Waals surface area (Å²) in [6.45, 7) is 8.89. The van der Waals surface area contributed by atoms with Gasteiger partial charge in [-0.2, -0.15) is 5.06 Å². The highest BCUT2D eigenvalue weighted by Gasteiger charge is 2.45. The quantitative estimate of drug-likeness (QED) is 0.904. The van der Waals surface area contributed by atoms with Crippen LogP contribution in [-0.2, 0) is 11.3 Å². The second-order valence-electron chi connectivity index (χ2n) is 6.76. The standard InChI is InChI=1S/C16H25NO2/c1-15(2)10-14(11-16(3,4)17(15)18)19-12-13-8-6-5-7-9-13/h5-9,14,18H,10-12H2,1-4H3. The lowest BCUT2D eigenvalue weighted by Gasteiger charge is -2.51. The van der Waals surface area contributed by atoms with Crippen molar-refractivity contribution in [3.05, 3.63) is 35.9 Å². The van der Waals surface area contributed by atoms with Gasteiger partial charge in [0.1, 0.15) is 0 Å². The highest BCUT2D eigenvalue weighted by molar-refractivity contribution is 5.13. The van der Waals surface area contributed by atoms with Gasteiger partial charge in [-0.25, -0.2) is 0 Å². The van der Waals surface area contributed by atoms with Crippen LogP contribution in [0, 0.1) is 0 Å². The van der Waals surface area contributed by atoms with Crippen LogP contribution in [0.4, 0.5) is 0 Å². The third kappa shape index (κ3) is 3.35. The molecule has 0 aliphatic carbocycles. The number of rotatable bonds is 3. The summed E-state index contributed by atoms with van der Waals surface area (Å²) in [5.74, 6) is 0. The van der Waals surface area contributed by atoms with Crippen LogP contribution >= 0.6 is 0 Å². The van der Waals surface area contributed by atoms with Crippen molar-refractivity contribution in [3.8, 4) is 0 Å². The first-order chi connectivity index (χ1) is 8.81. The predicted octanol–water partition coefficient (Wildman–Crippen LogP) is 3.61. The summed E-state index contributed by atoms with van der Waals surface area (Å²) >= 11 is 0. The Bertz CT molecular complexity index is 396. The van der Waals surface area contributed by atoms with E-state index < -0.39 is 0 Å². The van der Waals surface area contributed by atoms with Crippen LogP contribution in [0.3, 0.4) is 0 Å². The summed E-state index contributed by atoms with van der Waals surface area (Å²) in [6, 6.07) is 10.2. The highest BCUT2D eigenvalue weighted by Crippen LogP contribution is 2.38. The molecule has 1 aromatic carbocycles. The van der Waals surface area contributed by atoms with Gasteiger partial charge < -0.3 is 9.94 Å². The molecular formula is C16H25NO2. The number of hydroxylamine groups is 2. The van der Waals surface area contributed by atoms with Crippen molar-refractivity contribution >= 4 is 0 Å². The molecule has 0 unspecified atom stereocenters. The van der Waals surface area contributed by atoms with Gasteiger partial charge in [-0.1, -0.05) is 30.3 Å². The molecule has 0 spiro atoms. The zero-order chi connectivity index (χ0) is 14.1. The van der Waals surface area contributed by atoms with Gasteiger partial charge in [-0.05, 0) is 46.1 Å². The largest absolute Gasteiger partial charge is 0.373 e. The molecule has 1 heterocycles. The molecule has 1 fully saturated rings. The van der Waals surface area contributed by atoms with Gasteiger partial charge in [0.25, 0.3) is 0 Å². The Morgan fingerprint density at radius 3 is 2.16 bits per heavy atom. The van der Waals surface area contributed by atoms with E-state index in [0.29, 0.717) is 6.61 Å². The van der Waals surface area contributed by atoms with E-state index in [4.69, 9.17) is 4.74 Å². The van der Waals surface area contributed by atoms with Crippen molar-refractivity contribution in [2.24, 2.45) is 0 Å². The smallest absolute Gasteiger partial charge is 0.0720 e. The fourth-order valence-electron chi connectivity index (χ4n) is 3.08. The van der Waals surface area contributed by atoms with Crippen molar-refractivity contribution in [2.75, 3.05) is 0 Å². The molecule has 0 bridgehead atoms. The van der Waals surface area contributed by atoms with Crippen molar-refractivity contribution in [2.45, 2.75) is 64.3 Å². The topological polar surface area (TPSA) is 32.7 Å². The zero-order valence-corrected chi connectivity index (χ0v) is 12.4. The van der Waals surface area contributed by atoms with Gasteiger partial charge >= 0.3 is 0 Å². The number of hydrogen-bond donors (Lipinski definition) is 1. The Morgan fingerprint density at radius 2 is 1.63 bits per heavy atom. The summed E-state index contributed by atoms with van der Waals surface area (Å²) in [4.78, 5) is 0. The van der Waals surface area contributed by atoms with E-state index in [1.165, 1.54) is 10.6 Å². The molecule has 2 rings (SSSR count). The van der Waals surface area contributed by atoms with E-state index in [1.807, 2.05) is 18.2 Å². The molecule has 1 saturated heterocycles. The lowest BCUT2D eigenvalue weighted by molar-refractivity contribution is -0.262. The lowest BCUT2D eigenvalue weighted by Crippen LogP contribution is -2.60. The predicted molar refractivity (Wildman–Crippen MR) is 76.0 cm³/mol. The van der Waals surface area contributed by atoms with Crippen LogP contribution in [0.2, 0.25) is 0 Å². The molecule has 19 heavy (non-hydrogen) atoms. The Labute approximate surface area is 116 Å². The summed E-state index contributed by atoms with van der Waals surface area (Å²) in [6.07, 6.45) is 1.88. The minimum absolute atomic E-state index is 0.189. The Balaban J connectivity index is 1.98. The molecule has 1 N–H and O–H groups in total. The van der Waals surface area contributed by atoms with Gasteiger partial charge in [0.05, 0.1) is 12.7 Å². The molecule has 1 aromatic rings. The molecule has 3 nitrogen and oxygen atoms in total. The van der Waals surface area contributed by atoms with Crippen LogP contribution in [0.25, 0.3) is 0 Å². The first kappa shape index (κ1) is 14.5. The average molecular weight is 263 g/mol. The van der Waals surface area contributed by atoms with Gasteiger partial charge in [-0.15, -0.1) is 0 Å². The Hall–Kier alpha value is -0.900. The SMILES string of the molecule is CC1(C)CC(OCc2ccccc2)CC(C)(C)N1O. The second kappa shape index (κ2) is 5.23. The minimum Gasteiger partial charge on any atom is -0.373 e. The van der Waals surface area contributed by atoms with Crippen LogP contribution in [0.1, 0.15) is 46.1 Å². The maximum Gasteiger partial charge on any atom is 0.0720 e. The molecule has 0 aromatic heterocycles. The molecule has 1 aliphatic heterocycles. The van der Waals surface area contributed by atoms with E-state index in [0.717, 1.165) is 12.8 Å². The molecule has 0 atom stereocenters. The fraction of sp³-hybridized carbons (Fsp3) is 0.625. The van der Waals surface area contributed by atoms with E-state index in [9.17, 15) is 5.21 Å². The number of hydrogen-bond acceptors (Lipinski definition) is 3. The average Bonchev–Trinajstić information content (AvgIpc) is 2.34. The minimum atomic E-state index is -0.247. The van der Waals surface area contributed by atoms with Gasteiger partial charge in [0, 0.05) is 11.1 Å². The van der Waals surface area contributed by atoms with E-state index in [-0.39, 0.29) is 17.2 Å². The van der Waals surface area contributed by atoms with E-state index in [2.05, 4.69) is 39.8 Å². The van der Waals surface area contributed by atoms with Crippen molar-refractivity contribution in [3.63, 3.8) is 0 Å². The van der Waals surface area contributed by atoms with Crippen LogP contribution in [-0.4, -0.2) is 27.5 Å². The first-order valence-electron chi connectivity index (χ1n) is 6.96. The van der Waals surface area contributed by atoms with Crippen molar-refractivity contribution in [1.29, 1.82) is 0 Å². The monoisotopic (exact) mass is 263 g/mol. The summed E-state index contributed by atoms with van der Waals surface area (Å²) in [5.41, 5.74) is 0.705. The van der Waals surface area contributed by atoms with Crippen LogP contribution in [0.5, 0.6) is 0 Å². The van der Waals surface area contributed by atoms with E-state index in [1.54, 1.807) is 0 Å². The highest BCUT2D eigenvalue weighted by atomic mass is 16.5. The third-order valence-electron chi connectivity index (χ3n) is 3.93. The first-order valence-corrected chi connectivity index (χ1v) is 6.96. The molecule has 106 valence electrons. The maximum absolute atomic E-state index is 10.2. The normalized spacial score (nSPS) is 23.4. The Morgan fingerprint density at radius 1 is 1.11 bits per heavy atom. The Kier molecular flexibility index (Phi) is 4.00. The summed E-state index contributed by atoms with van der Waals surface area (Å²) < 4.78 is 6.05. The molecule has 0 radical (unpaired) electrons. The number of piperidine rings is 1. The molecule has 1 aliphatic rings. The molecule has 3 heteroatoms. The second-order valence-corrected chi connectivity index (χ2v) is 6.76. The number of benzene rings is 1. The van der Waals surface area contributed by atoms with Crippen molar-refractivity contribution in [1.82, 2.24) is 5.06 Å². The lowest BCUT2D eigenvalue weighted by atomic mass is 9.80. The summed E-state index contributed by atoms with van der Waals surface area (Å²) in [7, 11) is 0. The van der Waals surface area contributed by atoms with E-state index >= 15 is 0 Å². The van der Waals surface area contributed by atoms with Gasteiger partial charge in [-0.3, -0.25) is 0 Å². The molecular weight excluding hydrogens is 238 g/mol. The number of nitrogens with zero attached hydrogens (tertiary/aromatic N) is 1. The molecule has 0 amide bonds. The number of ether oxygens (including phenoxy) is 1. The van der Waals surface area contributed by atoms with Crippen LogP contribution in [0.15, 0.2) is 30.3 Å². The third-order valence-corrected chi connectivity index (χ3v) is 3.93. The van der Waals surface area contributed by atoms with Gasteiger partial charge in [0.2, 0.25) is 0 Å². The van der Waals surface area contributed by atoms with Gasteiger partial charge in [0.15, 0.2) is 0 Å². The summed E-state index contributed by atoms with van der Waals surface area (Å²) in [5, 5.41) is 11.7. The maximum atomic E-state index is 10.2.